The number of sulfonamides is 1. The highest BCUT2D eigenvalue weighted by molar-refractivity contribution is 7.90. The minimum absolute atomic E-state index is 0.0420. The van der Waals surface area contributed by atoms with E-state index >= 15 is 0 Å². The molecular weight excluding hydrogens is 218 g/mol. The third-order valence-corrected chi connectivity index (χ3v) is 4.38. The van der Waals surface area contributed by atoms with Crippen LogP contribution in [-0.4, -0.2) is 30.8 Å². The number of rotatable bonds is 6. The predicted molar refractivity (Wildman–Crippen MR) is 57.2 cm³/mol. The van der Waals surface area contributed by atoms with Gasteiger partial charge in [-0.25, -0.2) is 13.1 Å². The molecular formula is C8H17N3O3S. The fourth-order valence-electron chi connectivity index (χ4n) is 1.27. The second-order valence-corrected chi connectivity index (χ2v) is 5.76. The summed E-state index contributed by atoms with van der Waals surface area (Å²) in [4.78, 5) is 0. The van der Waals surface area contributed by atoms with Crippen LogP contribution in [0.25, 0.3) is 0 Å². The number of amidine groups is 1. The van der Waals surface area contributed by atoms with Crippen LogP contribution in [0.15, 0.2) is 5.16 Å². The molecule has 6 nitrogen and oxygen atoms in total. The Morgan fingerprint density at radius 1 is 1.67 bits per heavy atom. The minimum Gasteiger partial charge on any atom is -0.409 e. The summed E-state index contributed by atoms with van der Waals surface area (Å²) in [5, 5.41) is 11.0. The third-order valence-electron chi connectivity index (χ3n) is 2.37. The molecule has 0 aromatic carbocycles. The van der Waals surface area contributed by atoms with E-state index in [1.54, 1.807) is 0 Å². The molecule has 0 aromatic rings. The lowest BCUT2D eigenvalue weighted by Gasteiger charge is -2.15. The van der Waals surface area contributed by atoms with Crippen molar-refractivity contribution in [3.8, 4) is 0 Å². The summed E-state index contributed by atoms with van der Waals surface area (Å²) in [6.07, 6.45) is 2.31. The molecule has 0 radical (unpaired) electrons. The number of nitrogens with one attached hydrogen (secondary N) is 1. The van der Waals surface area contributed by atoms with Crippen LogP contribution in [-0.2, 0) is 10.0 Å². The Hall–Kier alpha value is -0.820. The zero-order valence-corrected chi connectivity index (χ0v) is 9.50. The lowest BCUT2D eigenvalue weighted by atomic mass is 10.1. The molecule has 0 amide bonds. The molecule has 0 spiro atoms. The monoisotopic (exact) mass is 235 g/mol. The van der Waals surface area contributed by atoms with E-state index in [1.807, 2.05) is 6.92 Å². The molecule has 1 aliphatic rings. The van der Waals surface area contributed by atoms with E-state index in [1.165, 1.54) is 0 Å². The summed E-state index contributed by atoms with van der Waals surface area (Å²) in [7, 11) is -3.19. The quantitative estimate of drug-likeness (QED) is 0.260. The van der Waals surface area contributed by atoms with Gasteiger partial charge < -0.3 is 10.9 Å². The Morgan fingerprint density at radius 3 is 2.67 bits per heavy atom. The highest BCUT2D eigenvalue weighted by Crippen LogP contribution is 2.27. The lowest BCUT2D eigenvalue weighted by Crippen LogP contribution is -2.39. The highest BCUT2D eigenvalue weighted by atomic mass is 32.2. The van der Waals surface area contributed by atoms with Gasteiger partial charge in [-0.05, 0) is 19.3 Å². The Kier molecular flexibility index (Phi) is 3.92. The van der Waals surface area contributed by atoms with Gasteiger partial charge in [0.15, 0.2) is 0 Å². The van der Waals surface area contributed by atoms with E-state index in [9.17, 15) is 8.42 Å². The van der Waals surface area contributed by atoms with Crippen molar-refractivity contribution in [1.29, 1.82) is 0 Å². The summed E-state index contributed by atoms with van der Waals surface area (Å²) in [6, 6.07) is -0.286. The van der Waals surface area contributed by atoms with Crippen LogP contribution in [0.1, 0.15) is 32.6 Å². The summed E-state index contributed by atoms with van der Waals surface area (Å²) >= 11 is 0. The first kappa shape index (κ1) is 12.3. The smallest absolute Gasteiger partial charge is 0.214 e. The van der Waals surface area contributed by atoms with Gasteiger partial charge in [0.05, 0.1) is 5.25 Å². The maximum atomic E-state index is 11.6. The molecule has 1 unspecified atom stereocenters. The summed E-state index contributed by atoms with van der Waals surface area (Å²) in [5.41, 5.74) is 5.33. The van der Waals surface area contributed by atoms with E-state index in [-0.39, 0.29) is 23.5 Å². The molecule has 1 atom stereocenters. The van der Waals surface area contributed by atoms with Gasteiger partial charge >= 0.3 is 0 Å². The first-order chi connectivity index (χ1) is 6.99. The molecule has 0 heterocycles. The highest BCUT2D eigenvalue weighted by Gasteiger charge is 2.36. The normalized spacial score (nSPS) is 20.2. The molecule has 15 heavy (non-hydrogen) atoms. The Labute approximate surface area is 89.6 Å². The van der Waals surface area contributed by atoms with Crippen LogP contribution in [0.4, 0.5) is 0 Å². The largest absolute Gasteiger partial charge is 0.409 e. The van der Waals surface area contributed by atoms with Gasteiger partial charge in [-0.1, -0.05) is 12.1 Å². The minimum atomic E-state index is -3.19. The van der Waals surface area contributed by atoms with E-state index in [2.05, 4.69) is 9.88 Å². The van der Waals surface area contributed by atoms with Gasteiger partial charge in [0.2, 0.25) is 10.0 Å². The fourth-order valence-corrected chi connectivity index (χ4v) is 2.93. The summed E-state index contributed by atoms with van der Waals surface area (Å²) in [6.45, 7) is 1.85. The molecule has 1 fully saturated rings. The fraction of sp³-hybridized carbons (Fsp3) is 0.875. The van der Waals surface area contributed by atoms with Gasteiger partial charge in [-0.15, -0.1) is 0 Å². The Bertz CT molecular complexity index is 335. The van der Waals surface area contributed by atoms with Crippen LogP contribution < -0.4 is 10.5 Å². The number of oxime groups is 1. The molecule has 0 bridgehead atoms. The average molecular weight is 235 g/mol. The zero-order valence-electron chi connectivity index (χ0n) is 8.68. The number of nitrogens with zero attached hydrogens (tertiary/aromatic N) is 1. The van der Waals surface area contributed by atoms with Gasteiger partial charge in [0, 0.05) is 12.5 Å². The van der Waals surface area contributed by atoms with E-state index in [0.717, 1.165) is 12.8 Å². The third kappa shape index (κ3) is 3.67. The van der Waals surface area contributed by atoms with Crippen LogP contribution in [0.5, 0.6) is 0 Å². The van der Waals surface area contributed by atoms with Gasteiger partial charge in [-0.2, -0.15) is 0 Å². The van der Waals surface area contributed by atoms with E-state index < -0.39 is 10.0 Å². The molecule has 88 valence electrons. The topological polar surface area (TPSA) is 105 Å². The second-order valence-electron chi connectivity index (χ2n) is 3.76. The first-order valence-corrected chi connectivity index (χ1v) is 6.51. The second kappa shape index (κ2) is 4.80. The van der Waals surface area contributed by atoms with E-state index in [0.29, 0.717) is 6.42 Å². The molecule has 0 aliphatic heterocycles. The van der Waals surface area contributed by atoms with Gasteiger partial charge in [0.25, 0.3) is 0 Å². The number of hydrogen-bond donors (Lipinski definition) is 3. The predicted octanol–water partition coefficient (Wildman–Crippen LogP) is -0.0167. The summed E-state index contributed by atoms with van der Waals surface area (Å²) < 4.78 is 25.7. The first-order valence-electron chi connectivity index (χ1n) is 4.97. The van der Waals surface area contributed by atoms with Crippen molar-refractivity contribution in [3.05, 3.63) is 0 Å². The molecule has 1 rings (SSSR count). The lowest BCUT2D eigenvalue weighted by molar-refractivity contribution is 0.316. The van der Waals surface area contributed by atoms with Crippen molar-refractivity contribution in [2.45, 2.75) is 43.9 Å². The Balaban J connectivity index is 2.53. The van der Waals surface area contributed by atoms with Crippen LogP contribution in [0, 0.1) is 0 Å². The molecule has 0 aromatic heterocycles. The Morgan fingerprint density at radius 2 is 2.27 bits per heavy atom. The molecule has 0 saturated heterocycles. The van der Waals surface area contributed by atoms with Crippen molar-refractivity contribution >= 4 is 15.9 Å². The van der Waals surface area contributed by atoms with Gasteiger partial charge in [0.1, 0.15) is 5.84 Å². The standard InChI is InChI=1S/C8H17N3O3S/c1-2-6(5-8(9)10-12)11-15(13,14)7-3-4-7/h6-7,11-12H,2-5H2,1H3,(H2,9,10). The summed E-state index contributed by atoms with van der Waals surface area (Å²) in [5.74, 6) is 0.0420. The van der Waals surface area contributed by atoms with Crippen molar-refractivity contribution in [2.24, 2.45) is 10.9 Å². The zero-order chi connectivity index (χ0) is 11.5. The number of nitrogens with two attached hydrogens (primary N) is 1. The van der Waals surface area contributed by atoms with E-state index in [4.69, 9.17) is 10.9 Å². The average Bonchev–Trinajstić information content (AvgIpc) is 2.99. The number of hydrogen-bond acceptors (Lipinski definition) is 4. The van der Waals surface area contributed by atoms with Crippen LogP contribution >= 0.6 is 0 Å². The van der Waals surface area contributed by atoms with Crippen LogP contribution in [0.2, 0.25) is 0 Å². The molecule has 4 N–H and O–H groups in total. The van der Waals surface area contributed by atoms with Crippen molar-refractivity contribution in [1.82, 2.24) is 4.72 Å². The molecule has 1 aliphatic carbocycles. The maximum absolute atomic E-state index is 11.6. The van der Waals surface area contributed by atoms with Crippen molar-refractivity contribution in [2.75, 3.05) is 0 Å². The SMILES string of the molecule is CCC(CC(N)=NO)NS(=O)(=O)C1CC1. The molecule has 7 heteroatoms. The molecule has 1 saturated carbocycles. The van der Waals surface area contributed by atoms with Crippen LogP contribution in [0.3, 0.4) is 0 Å². The maximum Gasteiger partial charge on any atom is 0.214 e. The van der Waals surface area contributed by atoms with Gasteiger partial charge in [-0.3, -0.25) is 0 Å². The van der Waals surface area contributed by atoms with Crippen molar-refractivity contribution in [3.63, 3.8) is 0 Å². The van der Waals surface area contributed by atoms with Crippen molar-refractivity contribution < 1.29 is 13.6 Å².